The van der Waals surface area contributed by atoms with E-state index in [0.29, 0.717) is 12.3 Å². The third kappa shape index (κ3) is 3.15. The molecule has 6 nitrogen and oxygen atoms in total. The quantitative estimate of drug-likeness (QED) is 0.608. The van der Waals surface area contributed by atoms with Gasteiger partial charge in [0.2, 0.25) is 0 Å². The van der Waals surface area contributed by atoms with E-state index in [2.05, 4.69) is 40.9 Å². The Morgan fingerprint density at radius 2 is 2.04 bits per heavy atom. The zero-order valence-electron chi connectivity index (χ0n) is 14.3. The second-order valence-corrected chi connectivity index (χ2v) is 6.56. The van der Waals surface area contributed by atoms with Crippen molar-refractivity contribution in [3.63, 3.8) is 0 Å². The van der Waals surface area contributed by atoms with Gasteiger partial charge in [0.25, 0.3) is 0 Å². The highest BCUT2D eigenvalue weighted by atomic mass is 15.4. The molecule has 0 unspecified atom stereocenters. The molecule has 0 radical (unpaired) electrons. The van der Waals surface area contributed by atoms with Crippen molar-refractivity contribution in [1.29, 1.82) is 0 Å². The van der Waals surface area contributed by atoms with Crippen molar-refractivity contribution >= 4 is 10.9 Å². The van der Waals surface area contributed by atoms with Crippen molar-refractivity contribution in [1.82, 2.24) is 29.7 Å². The van der Waals surface area contributed by atoms with E-state index in [1.54, 1.807) is 6.33 Å². The SMILES string of the molecule is CC(C)Cc1nc(Cc2cnc[nH]2)n(-c2cccc3cccnc23)n1. The van der Waals surface area contributed by atoms with Crippen LogP contribution in [0, 0.1) is 5.92 Å². The average molecular weight is 332 g/mol. The molecular weight excluding hydrogens is 312 g/mol. The maximum absolute atomic E-state index is 4.78. The van der Waals surface area contributed by atoms with Gasteiger partial charge < -0.3 is 4.98 Å². The number of para-hydroxylation sites is 1. The number of nitrogens with one attached hydrogen (secondary N) is 1. The third-order valence-corrected chi connectivity index (χ3v) is 4.05. The largest absolute Gasteiger partial charge is 0.348 e. The first-order valence-electron chi connectivity index (χ1n) is 8.47. The van der Waals surface area contributed by atoms with Gasteiger partial charge >= 0.3 is 0 Å². The monoisotopic (exact) mass is 332 g/mol. The van der Waals surface area contributed by atoms with E-state index in [-0.39, 0.29) is 0 Å². The van der Waals surface area contributed by atoms with Gasteiger partial charge in [0, 0.05) is 36.3 Å². The predicted molar refractivity (Wildman–Crippen MR) is 96.6 cm³/mol. The van der Waals surface area contributed by atoms with E-state index < -0.39 is 0 Å². The summed E-state index contributed by atoms with van der Waals surface area (Å²) in [5.74, 6) is 2.25. The number of fused-ring (bicyclic) bond motifs is 1. The van der Waals surface area contributed by atoms with Crippen LogP contribution in [0.3, 0.4) is 0 Å². The molecule has 0 aliphatic carbocycles. The van der Waals surface area contributed by atoms with Gasteiger partial charge in [0.15, 0.2) is 5.82 Å². The highest BCUT2D eigenvalue weighted by molar-refractivity contribution is 5.86. The molecule has 3 heterocycles. The van der Waals surface area contributed by atoms with Crippen LogP contribution in [0.25, 0.3) is 16.6 Å². The van der Waals surface area contributed by atoms with Crippen molar-refractivity contribution in [2.75, 3.05) is 0 Å². The molecule has 0 aliphatic heterocycles. The van der Waals surface area contributed by atoms with E-state index in [1.165, 1.54) is 0 Å². The molecule has 0 spiro atoms. The lowest BCUT2D eigenvalue weighted by Gasteiger charge is -2.08. The molecule has 1 N–H and O–H groups in total. The Kier molecular flexibility index (Phi) is 4.01. The number of imidazole rings is 1. The Morgan fingerprint density at radius 3 is 2.84 bits per heavy atom. The molecule has 0 atom stereocenters. The van der Waals surface area contributed by atoms with E-state index in [0.717, 1.165) is 40.4 Å². The Morgan fingerprint density at radius 1 is 1.16 bits per heavy atom. The van der Waals surface area contributed by atoms with Crippen LogP contribution in [-0.2, 0) is 12.8 Å². The van der Waals surface area contributed by atoms with Crippen molar-refractivity contribution in [2.24, 2.45) is 5.92 Å². The molecule has 0 saturated carbocycles. The average Bonchev–Trinajstić information content (AvgIpc) is 3.24. The molecule has 0 amide bonds. The standard InChI is InChI=1S/C19H20N6/c1-13(2)9-17-23-18(10-15-11-20-12-22-15)25(24-17)16-7-3-5-14-6-4-8-21-19(14)16/h3-8,11-13H,9-10H2,1-2H3,(H,20,22). The van der Waals surface area contributed by atoms with Gasteiger partial charge in [-0.15, -0.1) is 0 Å². The summed E-state index contributed by atoms with van der Waals surface area (Å²) in [7, 11) is 0. The number of hydrogen-bond donors (Lipinski definition) is 1. The van der Waals surface area contributed by atoms with Crippen LogP contribution in [0.5, 0.6) is 0 Å². The minimum Gasteiger partial charge on any atom is -0.348 e. The Labute approximate surface area is 146 Å². The molecule has 3 aromatic heterocycles. The Balaban J connectivity index is 1.85. The molecular formula is C19H20N6. The Bertz CT molecular complexity index is 979. The fourth-order valence-electron chi connectivity index (χ4n) is 2.96. The van der Waals surface area contributed by atoms with Gasteiger partial charge in [0.1, 0.15) is 5.82 Å². The number of H-pyrrole nitrogens is 1. The van der Waals surface area contributed by atoms with E-state index in [1.807, 2.05) is 35.3 Å². The lowest BCUT2D eigenvalue weighted by molar-refractivity contribution is 0.619. The molecule has 1 aromatic carbocycles. The first-order valence-corrected chi connectivity index (χ1v) is 8.47. The molecule has 25 heavy (non-hydrogen) atoms. The van der Waals surface area contributed by atoms with Crippen molar-refractivity contribution in [3.8, 4) is 5.69 Å². The fourth-order valence-corrected chi connectivity index (χ4v) is 2.96. The van der Waals surface area contributed by atoms with E-state index in [4.69, 9.17) is 10.1 Å². The summed E-state index contributed by atoms with van der Waals surface area (Å²) < 4.78 is 1.92. The second kappa shape index (κ2) is 6.47. The molecule has 0 fully saturated rings. The van der Waals surface area contributed by atoms with E-state index in [9.17, 15) is 0 Å². The third-order valence-electron chi connectivity index (χ3n) is 4.05. The minimum atomic E-state index is 0.501. The number of hydrogen-bond acceptors (Lipinski definition) is 4. The fraction of sp³-hybridized carbons (Fsp3) is 0.263. The highest BCUT2D eigenvalue weighted by Gasteiger charge is 2.16. The zero-order chi connectivity index (χ0) is 17.2. The summed E-state index contributed by atoms with van der Waals surface area (Å²) >= 11 is 0. The summed E-state index contributed by atoms with van der Waals surface area (Å²) in [5, 5.41) is 5.87. The highest BCUT2D eigenvalue weighted by Crippen LogP contribution is 2.22. The van der Waals surface area contributed by atoms with Crippen LogP contribution in [0.1, 0.15) is 31.2 Å². The normalized spacial score (nSPS) is 11.5. The number of rotatable bonds is 5. The lowest BCUT2D eigenvalue weighted by atomic mass is 10.1. The lowest BCUT2D eigenvalue weighted by Crippen LogP contribution is -2.05. The molecule has 4 aromatic rings. The number of aromatic nitrogens is 6. The first-order chi connectivity index (χ1) is 12.2. The predicted octanol–water partition coefficient (Wildman–Crippen LogP) is 3.33. The second-order valence-electron chi connectivity index (χ2n) is 6.56. The molecule has 6 heteroatoms. The molecule has 0 aliphatic rings. The van der Waals surface area contributed by atoms with Gasteiger partial charge in [0.05, 0.1) is 17.5 Å². The van der Waals surface area contributed by atoms with Crippen LogP contribution < -0.4 is 0 Å². The molecule has 4 rings (SSSR count). The zero-order valence-corrected chi connectivity index (χ0v) is 14.3. The van der Waals surface area contributed by atoms with E-state index >= 15 is 0 Å². The number of benzene rings is 1. The Hall–Kier alpha value is -3.02. The van der Waals surface area contributed by atoms with Crippen molar-refractivity contribution in [3.05, 3.63) is 66.4 Å². The van der Waals surface area contributed by atoms with Gasteiger partial charge in [-0.05, 0) is 18.1 Å². The van der Waals surface area contributed by atoms with Gasteiger partial charge in [-0.1, -0.05) is 32.0 Å². The maximum Gasteiger partial charge on any atom is 0.151 e. The summed E-state index contributed by atoms with van der Waals surface area (Å²) in [5.41, 5.74) is 2.89. The summed E-state index contributed by atoms with van der Waals surface area (Å²) in [6.45, 7) is 4.35. The van der Waals surface area contributed by atoms with Crippen molar-refractivity contribution in [2.45, 2.75) is 26.7 Å². The summed E-state index contributed by atoms with van der Waals surface area (Å²) in [6, 6.07) is 10.1. The maximum atomic E-state index is 4.78. The van der Waals surface area contributed by atoms with Crippen LogP contribution >= 0.6 is 0 Å². The number of nitrogens with zero attached hydrogens (tertiary/aromatic N) is 5. The van der Waals surface area contributed by atoms with Gasteiger partial charge in [-0.2, -0.15) is 5.10 Å². The van der Waals surface area contributed by atoms with Crippen molar-refractivity contribution < 1.29 is 0 Å². The number of aromatic amines is 1. The first kappa shape index (κ1) is 15.5. The smallest absolute Gasteiger partial charge is 0.151 e. The summed E-state index contributed by atoms with van der Waals surface area (Å²) in [4.78, 5) is 16.6. The molecule has 126 valence electrons. The minimum absolute atomic E-state index is 0.501. The topological polar surface area (TPSA) is 72.3 Å². The van der Waals surface area contributed by atoms with Crippen LogP contribution in [0.15, 0.2) is 49.1 Å². The van der Waals surface area contributed by atoms with Crippen LogP contribution in [0.2, 0.25) is 0 Å². The summed E-state index contributed by atoms with van der Waals surface area (Å²) in [6.07, 6.45) is 6.81. The van der Waals surface area contributed by atoms with Gasteiger partial charge in [-0.25, -0.2) is 14.6 Å². The van der Waals surface area contributed by atoms with Crippen LogP contribution in [0.4, 0.5) is 0 Å². The number of pyridine rings is 1. The molecule has 0 bridgehead atoms. The molecule has 0 saturated heterocycles. The van der Waals surface area contributed by atoms with Gasteiger partial charge in [-0.3, -0.25) is 4.98 Å². The van der Waals surface area contributed by atoms with Crippen LogP contribution in [-0.4, -0.2) is 29.7 Å².